The van der Waals surface area contributed by atoms with Gasteiger partial charge in [0.2, 0.25) is 0 Å². The fourth-order valence-electron chi connectivity index (χ4n) is 2.26. The molecule has 3 heteroatoms. The van der Waals surface area contributed by atoms with Gasteiger partial charge >= 0.3 is 0 Å². The van der Waals surface area contributed by atoms with E-state index in [1.165, 1.54) is 21.6 Å². The molecule has 1 aromatic carbocycles. The van der Waals surface area contributed by atoms with Gasteiger partial charge in [-0.1, -0.05) is 17.7 Å². The third kappa shape index (κ3) is 1.26. The summed E-state index contributed by atoms with van der Waals surface area (Å²) in [6, 6.07) is 8.26. The first-order valence-corrected chi connectivity index (χ1v) is 6.14. The molecule has 0 saturated carbocycles. The molecule has 1 unspecified atom stereocenters. The third-order valence-corrected chi connectivity index (χ3v) is 4.14. The van der Waals surface area contributed by atoms with E-state index < -0.39 is 0 Å². The van der Waals surface area contributed by atoms with E-state index >= 15 is 0 Å². The van der Waals surface area contributed by atoms with Crippen LogP contribution in [0.4, 0.5) is 0 Å². The molecule has 1 heterocycles. The average Bonchev–Trinajstić information content (AvgIpc) is 2.76. The Bertz CT molecular complexity index is 518. The highest BCUT2D eigenvalue weighted by Gasteiger charge is 2.28. The Morgan fingerprint density at radius 3 is 2.93 bits per heavy atom. The Labute approximate surface area is 97.5 Å². The molecule has 1 nitrogen and oxygen atoms in total. The van der Waals surface area contributed by atoms with Crippen LogP contribution in [0.2, 0.25) is 5.02 Å². The van der Waals surface area contributed by atoms with Gasteiger partial charge in [0.25, 0.3) is 0 Å². The lowest BCUT2D eigenvalue weighted by atomic mass is 9.98. The van der Waals surface area contributed by atoms with Crippen LogP contribution in [-0.4, -0.2) is 6.54 Å². The van der Waals surface area contributed by atoms with E-state index in [1.54, 1.807) is 11.3 Å². The Balaban J connectivity index is 2.28. The van der Waals surface area contributed by atoms with Crippen molar-refractivity contribution in [2.75, 3.05) is 6.54 Å². The lowest BCUT2D eigenvalue weighted by Gasteiger charge is -2.09. The fraction of sp³-hybridized carbons (Fsp3) is 0.167. The van der Waals surface area contributed by atoms with Crippen molar-refractivity contribution in [3.8, 4) is 10.4 Å². The van der Waals surface area contributed by atoms with Crippen molar-refractivity contribution >= 4 is 22.9 Å². The quantitative estimate of drug-likeness (QED) is 0.805. The van der Waals surface area contributed by atoms with Crippen molar-refractivity contribution in [3.63, 3.8) is 0 Å². The van der Waals surface area contributed by atoms with Crippen molar-refractivity contribution in [1.82, 2.24) is 0 Å². The smallest absolute Gasteiger partial charge is 0.0409 e. The van der Waals surface area contributed by atoms with E-state index in [0.29, 0.717) is 12.5 Å². The monoisotopic (exact) mass is 235 g/mol. The maximum atomic E-state index is 6.02. The summed E-state index contributed by atoms with van der Waals surface area (Å²) < 4.78 is 0. The van der Waals surface area contributed by atoms with Crippen molar-refractivity contribution in [2.45, 2.75) is 5.92 Å². The van der Waals surface area contributed by atoms with E-state index in [0.717, 1.165) is 5.02 Å². The number of hydrogen-bond donors (Lipinski definition) is 1. The Kier molecular flexibility index (Phi) is 2.09. The first-order valence-electron chi connectivity index (χ1n) is 4.88. The first-order chi connectivity index (χ1) is 7.31. The first kappa shape index (κ1) is 9.40. The Morgan fingerprint density at radius 1 is 1.27 bits per heavy atom. The normalized spacial score (nSPS) is 17.6. The molecule has 1 aliphatic rings. The number of benzene rings is 1. The highest BCUT2D eigenvalue weighted by molar-refractivity contribution is 7.13. The van der Waals surface area contributed by atoms with Gasteiger partial charge in [-0.3, -0.25) is 0 Å². The summed E-state index contributed by atoms with van der Waals surface area (Å²) in [5.41, 5.74) is 9.78. The van der Waals surface area contributed by atoms with Gasteiger partial charge in [-0.25, -0.2) is 0 Å². The molecule has 1 aromatic heterocycles. The number of nitrogens with two attached hydrogens (primary N) is 1. The molecular formula is C12H10ClNS. The predicted octanol–water partition coefficient (Wildman–Crippen LogP) is 3.47. The summed E-state index contributed by atoms with van der Waals surface area (Å²) in [7, 11) is 0. The molecule has 0 amide bonds. The maximum absolute atomic E-state index is 6.02. The van der Waals surface area contributed by atoms with Gasteiger partial charge in [0, 0.05) is 22.4 Å². The van der Waals surface area contributed by atoms with Gasteiger partial charge in [-0.2, -0.15) is 0 Å². The van der Waals surface area contributed by atoms with E-state index in [2.05, 4.69) is 17.5 Å². The minimum atomic E-state index is 0.333. The van der Waals surface area contributed by atoms with E-state index in [4.69, 9.17) is 17.3 Å². The molecule has 1 atom stereocenters. The van der Waals surface area contributed by atoms with Gasteiger partial charge in [0.15, 0.2) is 0 Å². The summed E-state index contributed by atoms with van der Waals surface area (Å²) >= 11 is 7.80. The van der Waals surface area contributed by atoms with Crippen molar-refractivity contribution < 1.29 is 0 Å². The maximum Gasteiger partial charge on any atom is 0.0409 e. The topological polar surface area (TPSA) is 26.0 Å². The fourth-order valence-corrected chi connectivity index (χ4v) is 3.45. The van der Waals surface area contributed by atoms with Crippen LogP contribution in [0.1, 0.15) is 17.0 Å². The van der Waals surface area contributed by atoms with E-state index in [9.17, 15) is 0 Å². The molecule has 2 aromatic rings. The number of rotatable bonds is 1. The summed E-state index contributed by atoms with van der Waals surface area (Å²) in [4.78, 5) is 1.36. The summed E-state index contributed by atoms with van der Waals surface area (Å²) in [5, 5.41) is 2.92. The number of fused-ring (bicyclic) bond motifs is 3. The SMILES string of the molecule is NCC1c2cc(Cl)ccc2-c2sccc21. The highest BCUT2D eigenvalue weighted by atomic mass is 35.5. The molecule has 0 radical (unpaired) electrons. The molecule has 2 N–H and O–H groups in total. The predicted molar refractivity (Wildman–Crippen MR) is 65.7 cm³/mol. The molecule has 76 valence electrons. The largest absolute Gasteiger partial charge is 0.330 e. The van der Waals surface area contributed by atoms with Gasteiger partial charge in [-0.15, -0.1) is 11.3 Å². The molecule has 0 spiro atoms. The minimum absolute atomic E-state index is 0.333. The third-order valence-electron chi connectivity index (χ3n) is 2.94. The zero-order valence-electron chi connectivity index (χ0n) is 8.03. The molecular weight excluding hydrogens is 226 g/mol. The second kappa shape index (κ2) is 3.34. The number of thiophene rings is 1. The van der Waals surface area contributed by atoms with Gasteiger partial charge < -0.3 is 5.73 Å². The summed E-state index contributed by atoms with van der Waals surface area (Å²) in [6.45, 7) is 0.650. The number of hydrogen-bond acceptors (Lipinski definition) is 2. The van der Waals surface area contributed by atoms with Gasteiger partial charge in [-0.05, 0) is 40.3 Å². The van der Waals surface area contributed by atoms with E-state index in [-0.39, 0.29) is 0 Å². The Hall–Kier alpha value is -0.830. The van der Waals surface area contributed by atoms with Crippen molar-refractivity contribution in [1.29, 1.82) is 0 Å². The van der Waals surface area contributed by atoms with Crippen molar-refractivity contribution in [3.05, 3.63) is 45.8 Å². The van der Waals surface area contributed by atoms with Crippen LogP contribution in [0.3, 0.4) is 0 Å². The lowest BCUT2D eigenvalue weighted by Crippen LogP contribution is -2.10. The molecule has 3 rings (SSSR count). The lowest BCUT2D eigenvalue weighted by molar-refractivity contribution is 0.843. The van der Waals surface area contributed by atoms with Crippen LogP contribution in [-0.2, 0) is 0 Å². The second-order valence-corrected chi connectivity index (χ2v) is 5.08. The molecule has 0 saturated heterocycles. The van der Waals surface area contributed by atoms with Crippen LogP contribution in [0, 0.1) is 0 Å². The molecule has 1 aliphatic carbocycles. The standard InChI is InChI=1S/C12H10ClNS/c13-7-1-2-8-10(5-7)11(6-14)9-3-4-15-12(8)9/h1-5,11H,6,14H2. The van der Waals surface area contributed by atoms with E-state index in [1.807, 2.05) is 12.1 Å². The zero-order chi connectivity index (χ0) is 10.4. The summed E-state index contributed by atoms with van der Waals surface area (Å²) in [5.74, 6) is 0.333. The minimum Gasteiger partial charge on any atom is -0.330 e. The van der Waals surface area contributed by atoms with Gasteiger partial charge in [0.1, 0.15) is 0 Å². The zero-order valence-corrected chi connectivity index (χ0v) is 9.61. The molecule has 0 fully saturated rings. The van der Waals surface area contributed by atoms with Crippen LogP contribution in [0.25, 0.3) is 10.4 Å². The highest BCUT2D eigenvalue weighted by Crippen LogP contribution is 2.47. The van der Waals surface area contributed by atoms with Crippen LogP contribution >= 0.6 is 22.9 Å². The number of halogens is 1. The molecule has 15 heavy (non-hydrogen) atoms. The van der Waals surface area contributed by atoms with Crippen molar-refractivity contribution in [2.24, 2.45) is 5.73 Å². The Morgan fingerprint density at radius 2 is 2.13 bits per heavy atom. The van der Waals surface area contributed by atoms with Crippen LogP contribution in [0.15, 0.2) is 29.6 Å². The molecule has 0 bridgehead atoms. The summed E-state index contributed by atoms with van der Waals surface area (Å²) in [6.07, 6.45) is 0. The second-order valence-electron chi connectivity index (χ2n) is 3.72. The van der Waals surface area contributed by atoms with Gasteiger partial charge in [0.05, 0.1) is 0 Å². The van der Waals surface area contributed by atoms with Crippen LogP contribution in [0.5, 0.6) is 0 Å². The van der Waals surface area contributed by atoms with Crippen LogP contribution < -0.4 is 5.73 Å². The average molecular weight is 236 g/mol. The molecule has 0 aliphatic heterocycles.